The van der Waals surface area contributed by atoms with E-state index in [2.05, 4.69) is 54.2 Å². The van der Waals surface area contributed by atoms with E-state index in [1.807, 2.05) is 0 Å². The Bertz CT molecular complexity index is 340. The second kappa shape index (κ2) is 7.66. The van der Waals surface area contributed by atoms with Crippen molar-refractivity contribution in [2.75, 3.05) is 40.3 Å². The smallest absolute Gasteiger partial charge is 0.0109 e. The fourth-order valence-electron chi connectivity index (χ4n) is 2.86. The average Bonchev–Trinajstić information content (AvgIpc) is 2.45. The molecule has 1 aliphatic heterocycles. The first-order valence-electron chi connectivity index (χ1n) is 7.65. The van der Waals surface area contributed by atoms with E-state index in [4.69, 9.17) is 0 Å². The summed E-state index contributed by atoms with van der Waals surface area (Å²) in [5.41, 5.74) is 1.50. The molecule has 1 heterocycles. The van der Waals surface area contributed by atoms with Gasteiger partial charge in [-0.1, -0.05) is 30.3 Å². The Kier molecular flexibility index (Phi) is 5.87. The maximum absolute atomic E-state index is 2.62. The van der Waals surface area contributed by atoms with Gasteiger partial charge in [-0.05, 0) is 64.3 Å². The summed E-state index contributed by atoms with van der Waals surface area (Å²) in [6.07, 6.45) is 5.40. The van der Waals surface area contributed by atoms with Crippen LogP contribution in [0, 0.1) is 5.92 Å². The van der Waals surface area contributed by atoms with Gasteiger partial charge in [-0.25, -0.2) is 0 Å². The highest BCUT2D eigenvalue weighted by molar-refractivity contribution is 5.14. The van der Waals surface area contributed by atoms with E-state index in [0.717, 1.165) is 5.92 Å². The topological polar surface area (TPSA) is 6.48 Å². The first-order valence-corrected chi connectivity index (χ1v) is 7.65. The third-order valence-electron chi connectivity index (χ3n) is 4.25. The summed E-state index contributed by atoms with van der Waals surface area (Å²) in [6.45, 7) is 5.02. The van der Waals surface area contributed by atoms with Crippen molar-refractivity contribution in [3.05, 3.63) is 35.9 Å². The molecule has 19 heavy (non-hydrogen) atoms. The van der Waals surface area contributed by atoms with Gasteiger partial charge in [-0.15, -0.1) is 0 Å². The predicted molar refractivity (Wildman–Crippen MR) is 82.5 cm³/mol. The van der Waals surface area contributed by atoms with Gasteiger partial charge in [0.25, 0.3) is 0 Å². The zero-order chi connectivity index (χ0) is 13.5. The van der Waals surface area contributed by atoms with Gasteiger partial charge in [0.15, 0.2) is 0 Å². The largest absolute Gasteiger partial charge is 0.308 e. The van der Waals surface area contributed by atoms with Crippen LogP contribution in [0.25, 0.3) is 0 Å². The van der Waals surface area contributed by atoms with E-state index in [1.54, 1.807) is 0 Å². The number of rotatable bonds is 6. The highest BCUT2D eigenvalue weighted by atomic mass is 15.2. The van der Waals surface area contributed by atoms with E-state index in [-0.39, 0.29) is 0 Å². The van der Waals surface area contributed by atoms with E-state index >= 15 is 0 Å². The van der Waals surface area contributed by atoms with Gasteiger partial charge in [0.2, 0.25) is 0 Å². The number of benzene rings is 1. The molecule has 2 heteroatoms. The molecule has 0 unspecified atom stereocenters. The van der Waals surface area contributed by atoms with E-state index in [9.17, 15) is 0 Å². The average molecular weight is 260 g/mol. The number of hydrogen-bond donors (Lipinski definition) is 0. The van der Waals surface area contributed by atoms with Crippen LogP contribution in [0.2, 0.25) is 0 Å². The molecule has 0 amide bonds. The molecule has 1 aromatic carbocycles. The number of likely N-dealkylation sites (N-methyl/N-ethyl adjacent to an activating group) is 1. The number of piperidine rings is 1. The van der Waals surface area contributed by atoms with Crippen LogP contribution in [0.1, 0.15) is 24.8 Å². The molecule has 0 radical (unpaired) electrons. The molecule has 1 fully saturated rings. The van der Waals surface area contributed by atoms with Crippen molar-refractivity contribution in [2.45, 2.75) is 25.7 Å². The maximum atomic E-state index is 2.62. The minimum atomic E-state index is 0.941. The lowest BCUT2D eigenvalue weighted by molar-refractivity contribution is 0.166. The Morgan fingerprint density at radius 3 is 2.42 bits per heavy atom. The standard InChI is InChI=1S/C17H28N2/c1-18(2)14-15-19-12-10-17(11-13-19)9-8-16-6-4-3-5-7-16/h3-7,17H,8-15H2,1-2H3. The first-order chi connectivity index (χ1) is 9.24. The van der Waals surface area contributed by atoms with Gasteiger partial charge in [0, 0.05) is 13.1 Å². The van der Waals surface area contributed by atoms with Crippen LogP contribution in [0.3, 0.4) is 0 Å². The number of likely N-dealkylation sites (tertiary alicyclic amines) is 1. The minimum Gasteiger partial charge on any atom is -0.308 e. The molecule has 2 rings (SSSR count). The predicted octanol–water partition coefficient (Wildman–Crippen LogP) is 2.89. The van der Waals surface area contributed by atoms with Crippen LogP contribution in [-0.4, -0.2) is 50.1 Å². The van der Waals surface area contributed by atoms with Crippen LogP contribution in [-0.2, 0) is 6.42 Å². The molecule has 1 saturated heterocycles. The molecular weight excluding hydrogens is 232 g/mol. The van der Waals surface area contributed by atoms with Crippen LogP contribution in [0.15, 0.2) is 30.3 Å². The lowest BCUT2D eigenvalue weighted by atomic mass is 9.90. The van der Waals surface area contributed by atoms with Crippen molar-refractivity contribution < 1.29 is 0 Å². The second-order valence-electron chi connectivity index (χ2n) is 6.11. The summed E-state index contributed by atoms with van der Waals surface area (Å²) in [6, 6.07) is 10.9. The molecule has 0 saturated carbocycles. The summed E-state index contributed by atoms with van der Waals surface area (Å²) in [5, 5.41) is 0. The fraction of sp³-hybridized carbons (Fsp3) is 0.647. The summed E-state index contributed by atoms with van der Waals surface area (Å²) in [4.78, 5) is 4.90. The zero-order valence-corrected chi connectivity index (χ0v) is 12.5. The van der Waals surface area contributed by atoms with Crippen molar-refractivity contribution in [3.63, 3.8) is 0 Å². The van der Waals surface area contributed by atoms with E-state index < -0.39 is 0 Å². The summed E-state index contributed by atoms with van der Waals surface area (Å²) >= 11 is 0. The molecule has 0 bridgehead atoms. The Balaban J connectivity index is 1.63. The van der Waals surface area contributed by atoms with Crippen LogP contribution < -0.4 is 0 Å². The Morgan fingerprint density at radius 2 is 1.79 bits per heavy atom. The highest BCUT2D eigenvalue weighted by Crippen LogP contribution is 2.22. The SMILES string of the molecule is CN(C)CCN1CCC(CCc2ccccc2)CC1. The molecule has 2 nitrogen and oxygen atoms in total. The van der Waals surface area contributed by atoms with Gasteiger partial charge in [0.1, 0.15) is 0 Å². The summed E-state index contributed by atoms with van der Waals surface area (Å²) < 4.78 is 0. The quantitative estimate of drug-likeness (QED) is 0.776. The molecule has 0 atom stereocenters. The number of aryl methyl sites for hydroxylation is 1. The Labute approximate surface area is 118 Å². The third kappa shape index (κ3) is 5.33. The molecule has 0 spiro atoms. The first kappa shape index (κ1) is 14.5. The monoisotopic (exact) mass is 260 g/mol. The lowest BCUT2D eigenvalue weighted by Gasteiger charge is -2.32. The Hall–Kier alpha value is -0.860. The molecule has 0 aliphatic carbocycles. The van der Waals surface area contributed by atoms with Gasteiger partial charge in [-0.3, -0.25) is 0 Å². The van der Waals surface area contributed by atoms with Gasteiger partial charge >= 0.3 is 0 Å². The molecule has 106 valence electrons. The summed E-state index contributed by atoms with van der Waals surface area (Å²) in [7, 11) is 4.32. The minimum absolute atomic E-state index is 0.941. The third-order valence-corrected chi connectivity index (χ3v) is 4.25. The fourth-order valence-corrected chi connectivity index (χ4v) is 2.86. The molecular formula is C17H28N2. The van der Waals surface area contributed by atoms with Crippen molar-refractivity contribution in [3.8, 4) is 0 Å². The second-order valence-corrected chi connectivity index (χ2v) is 6.11. The van der Waals surface area contributed by atoms with E-state index in [0.29, 0.717) is 0 Å². The van der Waals surface area contributed by atoms with Crippen LogP contribution in [0.4, 0.5) is 0 Å². The molecule has 1 aromatic rings. The highest BCUT2D eigenvalue weighted by Gasteiger charge is 2.18. The number of hydrogen-bond acceptors (Lipinski definition) is 2. The van der Waals surface area contributed by atoms with Gasteiger partial charge in [0.05, 0.1) is 0 Å². The van der Waals surface area contributed by atoms with Crippen molar-refractivity contribution in [2.24, 2.45) is 5.92 Å². The van der Waals surface area contributed by atoms with Crippen LogP contribution in [0.5, 0.6) is 0 Å². The van der Waals surface area contributed by atoms with Crippen LogP contribution >= 0.6 is 0 Å². The molecule has 0 N–H and O–H groups in total. The van der Waals surface area contributed by atoms with Crippen molar-refractivity contribution in [1.82, 2.24) is 9.80 Å². The normalized spacial score (nSPS) is 18.1. The number of nitrogens with zero attached hydrogens (tertiary/aromatic N) is 2. The van der Waals surface area contributed by atoms with E-state index in [1.165, 1.54) is 57.4 Å². The Morgan fingerprint density at radius 1 is 1.11 bits per heavy atom. The van der Waals surface area contributed by atoms with Gasteiger partial charge in [-0.2, -0.15) is 0 Å². The summed E-state index contributed by atoms with van der Waals surface area (Å²) in [5.74, 6) is 0.941. The maximum Gasteiger partial charge on any atom is 0.0109 e. The van der Waals surface area contributed by atoms with Crippen molar-refractivity contribution >= 4 is 0 Å². The van der Waals surface area contributed by atoms with Crippen molar-refractivity contribution in [1.29, 1.82) is 0 Å². The molecule has 0 aromatic heterocycles. The van der Waals surface area contributed by atoms with Gasteiger partial charge < -0.3 is 9.80 Å². The molecule has 1 aliphatic rings. The lowest BCUT2D eigenvalue weighted by Crippen LogP contribution is -2.38. The zero-order valence-electron chi connectivity index (χ0n) is 12.5.